The van der Waals surface area contributed by atoms with E-state index in [1.165, 1.54) is 12.8 Å². The van der Waals surface area contributed by atoms with Gasteiger partial charge in [-0.15, -0.1) is 24.0 Å². The van der Waals surface area contributed by atoms with Crippen molar-refractivity contribution in [3.63, 3.8) is 0 Å². The van der Waals surface area contributed by atoms with Crippen LogP contribution in [0.4, 0.5) is 0 Å². The third-order valence-electron chi connectivity index (χ3n) is 3.96. The van der Waals surface area contributed by atoms with Crippen LogP contribution in [0.5, 0.6) is 0 Å². The van der Waals surface area contributed by atoms with Crippen molar-refractivity contribution in [3.05, 3.63) is 24.2 Å². The van der Waals surface area contributed by atoms with E-state index in [2.05, 4.69) is 50.4 Å². The number of hydrogen-bond acceptors (Lipinski definition) is 3. The highest BCUT2D eigenvalue weighted by atomic mass is 127. The van der Waals surface area contributed by atoms with Gasteiger partial charge in [0.15, 0.2) is 5.96 Å². The second-order valence-electron chi connectivity index (χ2n) is 5.78. The number of nitrogens with one attached hydrogen (secondary N) is 2. The van der Waals surface area contributed by atoms with Crippen molar-refractivity contribution < 1.29 is 4.42 Å². The van der Waals surface area contributed by atoms with Crippen LogP contribution >= 0.6 is 24.0 Å². The SMILES string of the molecule is CCNC(=NCC(CC)CC)NCC(c1ccco1)N(C)C.I. The van der Waals surface area contributed by atoms with E-state index in [-0.39, 0.29) is 30.0 Å². The zero-order chi connectivity index (χ0) is 16.4. The normalized spacial score (nSPS) is 13.1. The molecule has 23 heavy (non-hydrogen) atoms. The van der Waals surface area contributed by atoms with E-state index in [1.807, 2.05) is 12.1 Å². The molecule has 134 valence electrons. The fourth-order valence-corrected chi connectivity index (χ4v) is 2.32. The molecule has 0 radical (unpaired) electrons. The molecule has 0 saturated carbocycles. The first-order valence-corrected chi connectivity index (χ1v) is 8.34. The Kier molecular flexibility index (Phi) is 12.2. The molecule has 0 saturated heterocycles. The quantitative estimate of drug-likeness (QED) is 0.354. The Bertz CT molecular complexity index is 416. The second kappa shape index (κ2) is 12.6. The van der Waals surface area contributed by atoms with Gasteiger partial charge in [0.05, 0.1) is 12.3 Å². The highest BCUT2D eigenvalue weighted by molar-refractivity contribution is 14.0. The minimum absolute atomic E-state index is 0. The van der Waals surface area contributed by atoms with Crippen LogP contribution in [0.1, 0.15) is 45.4 Å². The van der Waals surface area contributed by atoms with Crippen LogP contribution in [0.2, 0.25) is 0 Å². The van der Waals surface area contributed by atoms with Crippen molar-refractivity contribution in [1.29, 1.82) is 0 Å². The van der Waals surface area contributed by atoms with Gasteiger partial charge in [-0.1, -0.05) is 26.7 Å². The van der Waals surface area contributed by atoms with Gasteiger partial charge in [-0.05, 0) is 39.1 Å². The zero-order valence-corrected chi connectivity index (χ0v) is 17.5. The smallest absolute Gasteiger partial charge is 0.191 e. The predicted molar refractivity (Wildman–Crippen MR) is 109 cm³/mol. The number of furan rings is 1. The third-order valence-corrected chi connectivity index (χ3v) is 3.96. The number of rotatable bonds is 9. The summed E-state index contributed by atoms with van der Waals surface area (Å²) >= 11 is 0. The van der Waals surface area contributed by atoms with Crippen molar-refractivity contribution in [2.24, 2.45) is 10.9 Å². The van der Waals surface area contributed by atoms with Crippen molar-refractivity contribution in [3.8, 4) is 0 Å². The van der Waals surface area contributed by atoms with Crippen LogP contribution in [-0.2, 0) is 0 Å². The Hall–Kier alpha value is -0.760. The summed E-state index contributed by atoms with van der Waals surface area (Å²) in [5.41, 5.74) is 0. The molecular weight excluding hydrogens is 403 g/mol. The lowest BCUT2D eigenvalue weighted by atomic mass is 10.0. The Morgan fingerprint density at radius 2 is 1.91 bits per heavy atom. The summed E-state index contributed by atoms with van der Waals surface area (Å²) in [5.74, 6) is 2.51. The van der Waals surface area contributed by atoms with E-state index >= 15 is 0 Å². The molecule has 1 unspecified atom stereocenters. The van der Waals surface area contributed by atoms with Crippen LogP contribution in [0.15, 0.2) is 27.8 Å². The molecule has 0 aromatic carbocycles. The van der Waals surface area contributed by atoms with Crippen molar-refractivity contribution in [1.82, 2.24) is 15.5 Å². The van der Waals surface area contributed by atoms with Gasteiger partial charge in [-0.3, -0.25) is 9.89 Å². The summed E-state index contributed by atoms with van der Waals surface area (Å²) in [5, 5.41) is 6.75. The van der Waals surface area contributed by atoms with Crippen molar-refractivity contribution in [2.75, 3.05) is 33.7 Å². The van der Waals surface area contributed by atoms with Crippen molar-refractivity contribution in [2.45, 2.75) is 39.7 Å². The zero-order valence-electron chi connectivity index (χ0n) is 15.1. The van der Waals surface area contributed by atoms with E-state index in [4.69, 9.17) is 9.41 Å². The van der Waals surface area contributed by atoms with Gasteiger partial charge in [0.1, 0.15) is 5.76 Å². The summed E-state index contributed by atoms with van der Waals surface area (Å²) in [6.07, 6.45) is 4.07. The molecule has 0 aliphatic rings. The molecule has 6 heteroatoms. The van der Waals surface area contributed by atoms with Crippen LogP contribution in [0.3, 0.4) is 0 Å². The van der Waals surface area contributed by atoms with Gasteiger partial charge >= 0.3 is 0 Å². The molecule has 0 amide bonds. The second-order valence-corrected chi connectivity index (χ2v) is 5.78. The first kappa shape index (κ1) is 22.2. The standard InChI is InChI=1S/C17H32N4O.HI/c1-6-14(7-2)12-19-17(18-8-3)20-13-15(21(4)5)16-10-9-11-22-16;/h9-11,14-15H,6-8,12-13H2,1-5H3,(H2,18,19,20);1H. The number of aliphatic imine (C=N–C) groups is 1. The number of nitrogens with zero attached hydrogens (tertiary/aromatic N) is 2. The van der Waals surface area contributed by atoms with Gasteiger partial charge in [-0.25, -0.2) is 0 Å². The van der Waals surface area contributed by atoms with Gasteiger partial charge in [0.2, 0.25) is 0 Å². The molecule has 0 fully saturated rings. The molecule has 1 heterocycles. The van der Waals surface area contributed by atoms with E-state index < -0.39 is 0 Å². The highest BCUT2D eigenvalue weighted by Gasteiger charge is 2.17. The Morgan fingerprint density at radius 3 is 2.39 bits per heavy atom. The maximum Gasteiger partial charge on any atom is 0.191 e. The molecule has 1 aromatic heterocycles. The summed E-state index contributed by atoms with van der Waals surface area (Å²) in [6, 6.07) is 4.13. The molecule has 1 aromatic rings. The molecule has 0 bridgehead atoms. The minimum Gasteiger partial charge on any atom is -0.468 e. The lowest BCUT2D eigenvalue weighted by molar-refractivity contribution is 0.258. The summed E-state index contributed by atoms with van der Waals surface area (Å²) in [4.78, 5) is 6.86. The van der Waals surface area contributed by atoms with Gasteiger partial charge in [0, 0.05) is 19.6 Å². The van der Waals surface area contributed by atoms with Crippen LogP contribution in [0, 0.1) is 5.92 Å². The summed E-state index contributed by atoms with van der Waals surface area (Å²) < 4.78 is 5.54. The number of likely N-dealkylation sites (N-methyl/N-ethyl adjacent to an activating group) is 1. The Morgan fingerprint density at radius 1 is 1.22 bits per heavy atom. The van der Waals surface area contributed by atoms with Gasteiger partial charge in [0.25, 0.3) is 0 Å². The van der Waals surface area contributed by atoms with E-state index in [0.29, 0.717) is 5.92 Å². The molecule has 0 spiro atoms. The van der Waals surface area contributed by atoms with E-state index in [1.54, 1.807) is 6.26 Å². The topological polar surface area (TPSA) is 52.8 Å². The van der Waals surface area contributed by atoms with E-state index in [9.17, 15) is 0 Å². The molecule has 0 aliphatic heterocycles. The first-order chi connectivity index (χ1) is 10.6. The molecule has 0 aliphatic carbocycles. The maximum absolute atomic E-state index is 5.54. The van der Waals surface area contributed by atoms with Gasteiger partial charge in [-0.2, -0.15) is 0 Å². The monoisotopic (exact) mass is 436 g/mol. The van der Waals surface area contributed by atoms with Gasteiger partial charge < -0.3 is 15.1 Å². The highest BCUT2D eigenvalue weighted by Crippen LogP contribution is 2.17. The fraction of sp³-hybridized carbons (Fsp3) is 0.706. The Balaban J connectivity index is 0.00000484. The average Bonchev–Trinajstić information content (AvgIpc) is 3.02. The van der Waals surface area contributed by atoms with Crippen LogP contribution < -0.4 is 10.6 Å². The van der Waals surface area contributed by atoms with Crippen LogP contribution in [0.25, 0.3) is 0 Å². The minimum atomic E-state index is 0. The lowest BCUT2D eigenvalue weighted by Gasteiger charge is -2.24. The first-order valence-electron chi connectivity index (χ1n) is 8.34. The van der Waals surface area contributed by atoms with Crippen LogP contribution in [-0.4, -0.2) is 44.6 Å². The number of hydrogen-bond donors (Lipinski definition) is 2. The fourth-order valence-electron chi connectivity index (χ4n) is 2.32. The van der Waals surface area contributed by atoms with Crippen molar-refractivity contribution >= 4 is 29.9 Å². The predicted octanol–water partition coefficient (Wildman–Crippen LogP) is 3.49. The molecule has 1 rings (SSSR count). The molecule has 5 nitrogen and oxygen atoms in total. The third kappa shape index (κ3) is 8.06. The maximum atomic E-state index is 5.54. The molecular formula is C17H33IN4O. The molecule has 1 atom stereocenters. The largest absolute Gasteiger partial charge is 0.468 e. The number of guanidine groups is 1. The van der Waals surface area contributed by atoms with E-state index in [0.717, 1.165) is 31.4 Å². The summed E-state index contributed by atoms with van der Waals surface area (Å²) in [6.45, 7) is 9.03. The summed E-state index contributed by atoms with van der Waals surface area (Å²) in [7, 11) is 4.12. The number of halogens is 1. The Labute approximate surface area is 158 Å². The molecule has 2 N–H and O–H groups in total. The lowest BCUT2D eigenvalue weighted by Crippen LogP contribution is -2.42. The average molecular weight is 436 g/mol.